The lowest BCUT2D eigenvalue weighted by Crippen LogP contribution is -2.33. The van der Waals surface area contributed by atoms with Crippen LogP contribution in [0.4, 0.5) is 5.69 Å². The normalized spacial score (nSPS) is 11.3. The fourth-order valence-electron chi connectivity index (χ4n) is 3.92. The molecule has 0 aliphatic carbocycles. The van der Waals surface area contributed by atoms with Gasteiger partial charge in [-0.15, -0.1) is 10.2 Å². The Morgan fingerprint density at radius 1 is 1.03 bits per heavy atom. The zero-order valence-corrected chi connectivity index (χ0v) is 23.4. The van der Waals surface area contributed by atoms with Crippen LogP contribution >= 0.6 is 35.4 Å². The average Bonchev–Trinajstić information content (AvgIpc) is 3.55. The Kier molecular flexibility index (Phi) is 7.79. The van der Waals surface area contributed by atoms with E-state index in [1.165, 1.54) is 11.6 Å². The van der Waals surface area contributed by atoms with Crippen molar-refractivity contribution in [2.75, 3.05) is 5.32 Å². The first-order chi connectivity index (χ1) is 18.8. The highest BCUT2D eigenvalue weighted by molar-refractivity contribution is 7.80. The summed E-state index contributed by atoms with van der Waals surface area (Å²) in [5.41, 5.74) is 5.93. The number of hydrogen-bond donors (Lipinski definition) is 2. The summed E-state index contributed by atoms with van der Waals surface area (Å²) in [6.45, 7) is 4.05. The van der Waals surface area contributed by atoms with E-state index < -0.39 is 5.91 Å². The first-order valence-electron chi connectivity index (χ1n) is 12.1. The number of carbonyl (C=O) groups excluding carboxylic acids is 1. The Hall–Kier alpha value is -3.98. The molecule has 3 aromatic carbocycles. The summed E-state index contributed by atoms with van der Waals surface area (Å²) in [7, 11) is 0. The van der Waals surface area contributed by atoms with Crippen molar-refractivity contribution >= 4 is 69.2 Å². The molecule has 0 unspecified atom stereocenters. The molecule has 0 saturated heterocycles. The fourth-order valence-corrected chi connectivity index (χ4v) is 4.64. The van der Waals surface area contributed by atoms with E-state index in [-0.39, 0.29) is 5.11 Å². The second kappa shape index (κ2) is 11.4. The third-order valence-electron chi connectivity index (χ3n) is 6.01. The van der Waals surface area contributed by atoms with Gasteiger partial charge in [-0.05, 0) is 97.4 Å². The topological polar surface area (TPSA) is 85.0 Å². The molecule has 2 aromatic heterocycles. The number of anilines is 1. The van der Waals surface area contributed by atoms with E-state index in [1.54, 1.807) is 41.2 Å². The molecule has 0 fully saturated rings. The summed E-state index contributed by atoms with van der Waals surface area (Å²) >= 11 is 17.6. The van der Waals surface area contributed by atoms with E-state index in [2.05, 4.69) is 39.9 Å². The number of carbonyl (C=O) groups is 1. The molecule has 0 atom stereocenters. The zero-order valence-electron chi connectivity index (χ0n) is 21.0. The van der Waals surface area contributed by atoms with Crippen molar-refractivity contribution in [3.8, 4) is 17.0 Å². The van der Waals surface area contributed by atoms with Crippen LogP contribution in [-0.4, -0.2) is 26.0 Å². The number of nitrogens with zero attached hydrogens (tertiary/aromatic N) is 3. The zero-order chi connectivity index (χ0) is 27.5. The third kappa shape index (κ3) is 6.20. The van der Waals surface area contributed by atoms with Gasteiger partial charge in [0, 0.05) is 22.3 Å². The lowest BCUT2D eigenvalue weighted by molar-refractivity contribution is -0.115. The minimum absolute atomic E-state index is 0.155. The molecule has 39 heavy (non-hydrogen) atoms. The van der Waals surface area contributed by atoms with Crippen LogP contribution in [0.25, 0.3) is 34.1 Å². The fraction of sp³-hybridized carbons (Fsp3) is 0.103. The number of rotatable bonds is 6. The molecule has 5 aromatic rings. The quantitative estimate of drug-likeness (QED) is 0.162. The largest absolute Gasteiger partial charge is 0.457 e. The molecular formula is C29H23Cl2N5O2S. The maximum absolute atomic E-state index is 12.5. The summed E-state index contributed by atoms with van der Waals surface area (Å²) in [5, 5.41) is 16.1. The van der Waals surface area contributed by atoms with Gasteiger partial charge in [0.2, 0.25) is 5.91 Å². The van der Waals surface area contributed by atoms with Gasteiger partial charge in [0.05, 0.1) is 10.7 Å². The number of aromatic nitrogens is 3. The predicted molar refractivity (Wildman–Crippen MR) is 161 cm³/mol. The Morgan fingerprint density at radius 2 is 1.77 bits per heavy atom. The second-order valence-electron chi connectivity index (χ2n) is 8.77. The second-order valence-corrected chi connectivity index (χ2v) is 10.0. The van der Waals surface area contributed by atoms with E-state index in [9.17, 15) is 4.79 Å². The molecule has 2 heterocycles. The number of hydrogen-bond acceptors (Lipinski definition) is 5. The van der Waals surface area contributed by atoms with Gasteiger partial charge in [-0.1, -0.05) is 42.3 Å². The van der Waals surface area contributed by atoms with E-state index in [4.69, 9.17) is 39.8 Å². The number of benzene rings is 3. The first-order valence-corrected chi connectivity index (χ1v) is 13.3. The maximum Gasteiger partial charge on any atom is 0.250 e. The molecule has 2 N–H and O–H groups in total. The molecule has 0 aliphatic heterocycles. The molecule has 5 rings (SSSR count). The molecule has 7 nitrogen and oxygen atoms in total. The van der Waals surface area contributed by atoms with E-state index >= 15 is 0 Å². The van der Waals surface area contributed by atoms with Gasteiger partial charge >= 0.3 is 0 Å². The van der Waals surface area contributed by atoms with Crippen LogP contribution in [0.1, 0.15) is 23.8 Å². The molecule has 10 heteroatoms. The third-order valence-corrected chi connectivity index (χ3v) is 6.76. The van der Waals surface area contributed by atoms with Crippen molar-refractivity contribution in [2.24, 2.45) is 0 Å². The van der Waals surface area contributed by atoms with Gasteiger partial charge in [-0.2, -0.15) is 4.80 Å². The van der Waals surface area contributed by atoms with Gasteiger partial charge in [-0.25, -0.2) is 0 Å². The highest BCUT2D eigenvalue weighted by Gasteiger charge is 2.11. The number of fused-ring (bicyclic) bond motifs is 1. The number of nitrogens with one attached hydrogen (secondary N) is 2. The van der Waals surface area contributed by atoms with Crippen molar-refractivity contribution in [1.29, 1.82) is 0 Å². The maximum atomic E-state index is 12.5. The smallest absolute Gasteiger partial charge is 0.250 e. The molecule has 0 saturated carbocycles. The molecule has 0 spiro atoms. The van der Waals surface area contributed by atoms with Crippen LogP contribution in [0.15, 0.2) is 77.2 Å². The number of thiocarbonyl (C=S) groups is 1. The predicted octanol–water partition coefficient (Wildman–Crippen LogP) is 7.38. The molecular weight excluding hydrogens is 553 g/mol. The molecule has 196 valence electrons. The van der Waals surface area contributed by atoms with Gasteiger partial charge in [0.1, 0.15) is 22.6 Å². The lowest BCUT2D eigenvalue weighted by Gasteiger charge is -2.10. The highest BCUT2D eigenvalue weighted by atomic mass is 35.5. The summed E-state index contributed by atoms with van der Waals surface area (Å²) in [5.74, 6) is 0.642. The number of aryl methyl sites for hydroxylation is 2. The van der Waals surface area contributed by atoms with Crippen LogP contribution in [0, 0.1) is 6.92 Å². The van der Waals surface area contributed by atoms with Gasteiger partial charge in [0.25, 0.3) is 0 Å². The SMILES string of the molecule is CCc1ccc(-n2nc3cc(C)c(NC(=S)NC(=O)/C=C/c4ccc(-c5ccc(Cl)cc5Cl)o4)cc3n2)cc1. The van der Waals surface area contributed by atoms with Crippen LogP contribution in [0.2, 0.25) is 10.0 Å². The summed E-state index contributed by atoms with van der Waals surface area (Å²) < 4.78 is 5.79. The Labute approximate surface area is 240 Å². The van der Waals surface area contributed by atoms with Crippen molar-refractivity contribution < 1.29 is 9.21 Å². The van der Waals surface area contributed by atoms with Crippen molar-refractivity contribution in [1.82, 2.24) is 20.3 Å². The Morgan fingerprint density at radius 3 is 2.49 bits per heavy atom. The standard InChI is InChI=1S/C29H23Cl2N5O2S/c1-3-18-4-7-20(8-5-18)36-34-25-14-17(2)24(16-26(25)35-36)32-29(39)33-28(37)13-10-21-9-12-27(38-21)22-11-6-19(30)15-23(22)31/h4-16H,3H2,1-2H3,(H2,32,33,37,39)/b13-10+. The first kappa shape index (κ1) is 26.6. The highest BCUT2D eigenvalue weighted by Crippen LogP contribution is 2.31. The monoisotopic (exact) mass is 575 g/mol. The van der Waals surface area contributed by atoms with E-state index in [0.717, 1.165) is 28.9 Å². The summed E-state index contributed by atoms with van der Waals surface area (Å²) in [4.78, 5) is 14.1. The van der Waals surface area contributed by atoms with Gasteiger partial charge < -0.3 is 9.73 Å². The lowest BCUT2D eigenvalue weighted by atomic mass is 10.2. The van der Waals surface area contributed by atoms with Crippen LogP contribution in [-0.2, 0) is 11.2 Å². The Balaban J connectivity index is 1.23. The van der Waals surface area contributed by atoms with Crippen molar-refractivity contribution in [2.45, 2.75) is 20.3 Å². The van der Waals surface area contributed by atoms with Crippen LogP contribution in [0.5, 0.6) is 0 Å². The molecule has 0 radical (unpaired) electrons. The van der Waals surface area contributed by atoms with Crippen LogP contribution in [0.3, 0.4) is 0 Å². The Bertz CT molecular complexity index is 1720. The number of furan rings is 1. The number of halogens is 2. The number of amides is 1. The molecule has 0 bridgehead atoms. The summed E-state index contributed by atoms with van der Waals surface area (Å²) in [6.07, 6.45) is 3.86. The van der Waals surface area contributed by atoms with E-state index in [1.807, 2.05) is 31.2 Å². The molecule has 1 amide bonds. The van der Waals surface area contributed by atoms with E-state index in [0.29, 0.717) is 32.6 Å². The summed E-state index contributed by atoms with van der Waals surface area (Å²) in [6, 6.07) is 20.6. The minimum Gasteiger partial charge on any atom is -0.457 e. The van der Waals surface area contributed by atoms with Gasteiger partial charge in [0.15, 0.2) is 5.11 Å². The minimum atomic E-state index is -0.407. The van der Waals surface area contributed by atoms with Crippen LogP contribution < -0.4 is 10.6 Å². The average molecular weight is 577 g/mol. The molecule has 0 aliphatic rings. The van der Waals surface area contributed by atoms with Gasteiger partial charge in [-0.3, -0.25) is 10.1 Å². The van der Waals surface area contributed by atoms with Crippen molar-refractivity contribution in [3.63, 3.8) is 0 Å². The van der Waals surface area contributed by atoms with Crippen molar-refractivity contribution in [3.05, 3.63) is 99.7 Å².